The summed E-state index contributed by atoms with van der Waals surface area (Å²) in [7, 11) is 0. The predicted octanol–water partition coefficient (Wildman–Crippen LogP) is 1.66. The summed E-state index contributed by atoms with van der Waals surface area (Å²) in [5.41, 5.74) is 6.87. The molecule has 90 valence electrons. The van der Waals surface area contributed by atoms with Crippen molar-refractivity contribution < 1.29 is 4.79 Å². The van der Waals surface area contributed by atoms with Gasteiger partial charge in [-0.2, -0.15) is 0 Å². The van der Waals surface area contributed by atoms with Crippen molar-refractivity contribution in [2.45, 2.75) is 25.8 Å². The number of hydrogen-bond acceptors (Lipinski definition) is 2. The molecule has 4 heteroatoms. The van der Waals surface area contributed by atoms with Crippen LogP contribution in [0.4, 0.5) is 0 Å². The second kappa shape index (κ2) is 8.30. The molecule has 0 aliphatic carbocycles. The summed E-state index contributed by atoms with van der Waals surface area (Å²) in [6, 6.07) is 9.36. The van der Waals surface area contributed by atoms with Gasteiger partial charge in [-0.15, -0.1) is 17.0 Å². The fraction of sp³-hybridized carbons (Fsp3) is 0.417. The molecule has 0 aliphatic heterocycles. The summed E-state index contributed by atoms with van der Waals surface area (Å²) < 4.78 is 0. The van der Waals surface area contributed by atoms with Crippen LogP contribution in [0.3, 0.4) is 0 Å². The summed E-state index contributed by atoms with van der Waals surface area (Å²) in [6.45, 7) is 2.71. The van der Waals surface area contributed by atoms with Gasteiger partial charge in [0.25, 0.3) is 0 Å². The Bertz CT molecular complexity index is 303. The minimum Gasteiger partial charge on any atom is -0.355 e. The molecule has 0 bridgehead atoms. The highest BCUT2D eigenvalue weighted by Gasteiger charge is 2.12. The molecule has 3 N–H and O–H groups in total. The Morgan fingerprint density at radius 3 is 2.56 bits per heavy atom. The second-order valence-electron chi connectivity index (χ2n) is 3.59. The third-order valence-electron chi connectivity index (χ3n) is 2.18. The lowest BCUT2D eigenvalue weighted by Gasteiger charge is -2.11. The third kappa shape index (κ3) is 5.28. The van der Waals surface area contributed by atoms with Crippen LogP contribution in [0.25, 0.3) is 0 Å². The van der Waals surface area contributed by atoms with Gasteiger partial charge in [0, 0.05) is 6.54 Å². The van der Waals surface area contributed by atoms with E-state index in [1.807, 2.05) is 37.3 Å². The molecule has 0 fully saturated rings. The van der Waals surface area contributed by atoms with Crippen LogP contribution in [0.5, 0.6) is 0 Å². The molecule has 1 atom stereocenters. The van der Waals surface area contributed by atoms with Crippen molar-refractivity contribution in [1.82, 2.24) is 5.32 Å². The third-order valence-corrected chi connectivity index (χ3v) is 2.18. The van der Waals surface area contributed by atoms with E-state index < -0.39 is 6.04 Å². The lowest BCUT2D eigenvalue weighted by Crippen LogP contribution is -2.42. The fourth-order valence-electron chi connectivity index (χ4n) is 1.34. The van der Waals surface area contributed by atoms with E-state index in [9.17, 15) is 4.79 Å². The van der Waals surface area contributed by atoms with E-state index >= 15 is 0 Å². The predicted molar refractivity (Wildman–Crippen MR) is 71.7 cm³/mol. The maximum atomic E-state index is 11.5. The van der Waals surface area contributed by atoms with Crippen LogP contribution in [-0.4, -0.2) is 18.5 Å². The lowest BCUT2D eigenvalue weighted by atomic mass is 10.1. The number of halogens is 1. The van der Waals surface area contributed by atoms with Crippen molar-refractivity contribution in [3.63, 3.8) is 0 Å². The number of carbonyl (C=O) groups excluding carboxylic acids is 1. The van der Waals surface area contributed by atoms with Crippen LogP contribution in [0, 0.1) is 0 Å². The molecule has 0 aromatic heterocycles. The van der Waals surface area contributed by atoms with Gasteiger partial charge in [-0.05, 0) is 18.4 Å². The highest BCUT2D eigenvalue weighted by molar-refractivity contribution is 8.93. The Labute approximate surface area is 107 Å². The van der Waals surface area contributed by atoms with Crippen LogP contribution in [0.1, 0.15) is 18.9 Å². The molecule has 0 saturated heterocycles. The van der Waals surface area contributed by atoms with Crippen LogP contribution in [0.2, 0.25) is 0 Å². The Balaban J connectivity index is 0.00000225. The summed E-state index contributed by atoms with van der Waals surface area (Å²) >= 11 is 0. The van der Waals surface area contributed by atoms with Gasteiger partial charge < -0.3 is 11.1 Å². The number of hydrogen-bond donors (Lipinski definition) is 2. The number of carbonyl (C=O) groups is 1. The van der Waals surface area contributed by atoms with Crippen LogP contribution < -0.4 is 11.1 Å². The molecule has 1 aromatic carbocycles. The summed E-state index contributed by atoms with van der Waals surface area (Å²) in [4.78, 5) is 11.5. The van der Waals surface area contributed by atoms with Crippen LogP contribution in [0.15, 0.2) is 30.3 Å². The Hall–Kier alpha value is -0.870. The zero-order valence-corrected chi connectivity index (χ0v) is 11.2. The molecule has 0 unspecified atom stereocenters. The van der Waals surface area contributed by atoms with E-state index in [-0.39, 0.29) is 22.9 Å². The molecule has 1 amide bonds. The first-order valence-electron chi connectivity index (χ1n) is 5.31. The largest absolute Gasteiger partial charge is 0.355 e. The number of nitrogens with one attached hydrogen (secondary N) is 1. The number of rotatable bonds is 5. The van der Waals surface area contributed by atoms with E-state index in [0.29, 0.717) is 13.0 Å². The monoisotopic (exact) mass is 286 g/mol. The Morgan fingerprint density at radius 1 is 1.38 bits per heavy atom. The highest BCUT2D eigenvalue weighted by Crippen LogP contribution is 2.01. The molecular formula is C12H19BrN2O. The maximum absolute atomic E-state index is 11.5. The molecule has 0 radical (unpaired) electrons. The first kappa shape index (κ1) is 15.1. The molecule has 0 heterocycles. The summed E-state index contributed by atoms with van der Waals surface area (Å²) in [5.74, 6) is -0.0688. The highest BCUT2D eigenvalue weighted by atomic mass is 79.9. The quantitative estimate of drug-likeness (QED) is 0.865. The smallest absolute Gasteiger partial charge is 0.237 e. The van der Waals surface area contributed by atoms with Gasteiger partial charge in [-0.25, -0.2) is 0 Å². The van der Waals surface area contributed by atoms with Gasteiger partial charge in [-0.3, -0.25) is 4.79 Å². The van der Waals surface area contributed by atoms with Gasteiger partial charge in [0.15, 0.2) is 0 Å². The van der Waals surface area contributed by atoms with Gasteiger partial charge in [0.2, 0.25) is 5.91 Å². The minimum absolute atomic E-state index is 0. The summed E-state index contributed by atoms with van der Waals surface area (Å²) in [6.07, 6.45) is 1.53. The second-order valence-corrected chi connectivity index (χ2v) is 3.59. The van der Waals surface area contributed by atoms with Crippen molar-refractivity contribution in [3.8, 4) is 0 Å². The maximum Gasteiger partial charge on any atom is 0.237 e. The number of amides is 1. The van der Waals surface area contributed by atoms with E-state index in [1.165, 1.54) is 0 Å². The first-order chi connectivity index (χ1) is 7.24. The van der Waals surface area contributed by atoms with Gasteiger partial charge in [-0.1, -0.05) is 37.3 Å². The average molecular weight is 287 g/mol. The minimum atomic E-state index is -0.445. The normalized spacial score (nSPS) is 11.4. The Morgan fingerprint density at radius 2 is 2.00 bits per heavy atom. The fourth-order valence-corrected chi connectivity index (χ4v) is 1.34. The van der Waals surface area contributed by atoms with Crippen molar-refractivity contribution >= 4 is 22.9 Å². The van der Waals surface area contributed by atoms with Crippen molar-refractivity contribution in [3.05, 3.63) is 35.9 Å². The number of benzene rings is 1. The molecule has 3 nitrogen and oxygen atoms in total. The zero-order valence-electron chi connectivity index (χ0n) is 9.48. The average Bonchev–Trinajstić information content (AvgIpc) is 2.27. The van der Waals surface area contributed by atoms with E-state index in [2.05, 4.69) is 5.32 Å². The topological polar surface area (TPSA) is 55.1 Å². The molecular weight excluding hydrogens is 268 g/mol. The standard InChI is InChI=1S/C12H18N2O.BrH/c1-2-8-14-12(15)11(13)9-10-6-4-3-5-7-10;/h3-7,11H,2,8-9,13H2,1H3,(H,14,15);1H/t11-;/m0./s1. The van der Waals surface area contributed by atoms with Crippen molar-refractivity contribution in [2.24, 2.45) is 5.73 Å². The molecule has 16 heavy (non-hydrogen) atoms. The SMILES string of the molecule is Br.CCCNC(=O)[C@@H](N)Cc1ccccc1. The molecule has 0 aliphatic rings. The molecule has 0 spiro atoms. The lowest BCUT2D eigenvalue weighted by molar-refractivity contribution is -0.122. The Kier molecular flexibility index (Phi) is 7.85. The summed E-state index contributed by atoms with van der Waals surface area (Å²) in [5, 5.41) is 2.79. The molecule has 1 aromatic rings. The van der Waals surface area contributed by atoms with Gasteiger partial charge in [0.05, 0.1) is 6.04 Å². The zero-order chi connectivity index (χ0) is 11.1. The van der Waals surface area contributed by atoms with Crippen LogP contribution in [-0.2, 0) is 11.2 Å². The molecule has 1 rings (SSSR count). The van der Waals surface area contributed by atoms with Crippen molar-refractivity contribution in [1.29, 1.82) is 0 Å². The molecule has 0 saturated carbocycles. The van der Waals surface area contributed by atoms with Gasteiger partial charge in [0.1, 0.15) is 0 Å². The number of nitrogens with two attached hydrogens (primary N) is 1. The van der Waals surface area contributed by atoms with Gasteiger partial charge >= 0.3 is 0 Å². The van der Waals surface area contributed by atoms with Crippen molar-refractivity contribution in [2.75, 3.05) is 6.54 Å². The first-order valence-corrected chi connectivity index (χ1v) is 5.31. The van der Waals surface area contributed by atoms with Crippen LogP contribution >= 0.6 is 17.0 Å². The van der Waals surface area contributed by atoms with E-state index in [4.69, 9.17) is 5.73 Å². The van der Waals surface area contributed by atoms with E-state index in [1.54, 1.807) is 0 Å². The van der Waals surface area contributed by atoms with E-state index in [0.717, 1.165) is 12.0 Å².